The van der Waals surface area contributed by atoms with Gasteiger partial charge in [0.1, 0.15) is 0 Å². The number of fused-ring (bicyclic) bond motifs is 6. The predicted molar refractivity (Wildman–Crippen MR) is 225 cm³/mol. The fourth-order valence-corrected chi connectivity index (χ4v) is 11.2. The molecule has 55 heavy (non-hydrogen) atoms. The van der Waals surface area contributed by atoms with Gasteiger partial charge in [-0.25, -0.2) is 12.0 Å². The van der Waals surface area contributed by atoms with Crippen molar-refractivity contribution in [3.05, 3.63) is 166 Å². The fraction of sp³-hybridized carbons (Fsp3) is 0.423. The van der Waals surface area contributed by atoms with E-state index in [9.17, 15) is 0 Å². The van der Waals surface area contributed by atoms with Crippen LogP contribution in [0.15, 0.2) is 132 Å². The minimum atomic E-state index is 0. The van der Waals surface area contributed by atoms with Crippen molar-refractivity contribution in [2.24, 2.45) is 38.9 Å². The number of halogens is 2. The minimum absolute atomic E-state index is 0. The first-order valence-electron chi connectivity index (χ1n) is 19.9. The van der Waals surface area contributed by atoms with Crippen molar-refractivity contribution in [2.45, 2.75) is 102 Å². The number of hydrogen-bond acceptors (Lipinski definition) is 0. The Morgan fingerprint density at radius 2 is 1.33 bits per heavy atom. The maximum absolute atomic E-state index is 3.26. The molecule has 1 fully saturated rings. The van der Waals surface area contributed by atoms with Crippen molar-refractivity contribution in [3.63, 3.8) is 0 Å². The second-order valence-corrected chi connectivity index (χ2v) is 20.6. The molecule has 0 N–H and O–H groups in total. The zero-order valence-corrected chi connectivity index (χ0v) is 40.5. The number of allylic oxidation sites excluding steroid dienone is 10. The van der Waals surface area contributed by atoms with Crippen LogP contribution >= 0.6 is 0 Å². The van der Waals surface area contributed by atoms with Crippen LogP contribution in [0.2, 0.25) is 0 Å². The second-order valence-electron chi connectivity index (χ2n) is 18.8. The van der Waals surface area contributed by atoms with E-state index in [2.05, 4.69) is 198 Å². The van der Waals surface area contributed by atoms with Gasteiger partial charge >= 0.3 is 98.9 Å². The van der Waals surface area contributed by atoms with Crippen LogP contribution in [0.3, 0.4) is 0 Å². The van der Waals surface area contributed by atoms with Crippen molar-refractivity contribution >= 4 is 8.83 Å². The molecule has 290 valence electrons. The summed E-state index contributed by atoms with van der Waals surface area (Å²) in [6, 6.07) is 30.4. The van der Waals surface area contributed by atoms with Crippen molar-refractivity contribution in [1.29, 1.82) is 0 Å². The van der Waals surface area contributed by atoms with Gasteiger partial charge < -0.3 is 24.8 Å². The maximum atomic E-state index is 3.26. The number of benzene rings is 3. The van der Waals surface area contributed by atoms with Gasteiger partial charge in [-0.05, 0) is 40.6 Å². The average Bonchev–Trinajstić information content (AvgIpc) is 3.76. The summed E-state index contributed by atoms with van der Waals surface area (Å²) in [7, 11) is 0. The zero-order valence-electron chi connectivity index (χ0n) is 35.4. The Morgan fingerprint density at radius 1 is 0.782 bits per heavy atom. The molecule has 5 aliphatic carbocycles. The van der Waals surface area contributed by atoms with Crippen molar-refractivity contribution in [1.82, 2.24) is 0 Å². The molecule has 0 radical (unpaired) electrons. The Hall–Kier alpha value is -2.45. The third-order valence-corrected chi connectivity index (χ3v) is 16.8. The standard InChI is InChI=1S/C29H37.C13H10.C10H15.2ClH.Hf/c1-18-25-22-17-19-13-9-10-14-20(19)24(22)21-15-11-12-16-23(21)29(25,8)28(6,7)27(4,5)26(18,2)3;1-3-7-12(8-4-1)11-13-9-5-2-6-10-13;1-8-5-6-9(7-8)10(2,3)4;;;/h9-11,13-15,23H,12,16-17H2,1-8H3;1-10H;6-8H,1-4H3;2*1H;/q-1;;-1;;;+2/p-2. The molecular formula is C52H62Cl2Hf-2. The molecule has 3 aromatic rings. The molecular weight excluding hydrogens is 874 g/mol. The van der Waals surface area contributed by atoms with Gasteiger partial charge in [-0.3, -0.25) is 6.08 Å². The molecule has 0 saturated heterocycles. The van der Waals surface area contributed by atoms with Crippen LogP contribution in [0, 0.1) is 50.9 Å². The molecule has 0 nitrogen and oxygen atoms in total. The van der Waals surface area contributed by atoms with Crippen molar-refractivity contribution < 1.29 is 48.7 Å². The molecule has 0 spiro atoms. The van der Waals surface area contributed by atoms with Crippen LogP contribution in [0.25, 0.3) is 5.57 Å². The van der Waals surface area contributed by atoms with Gasteiger partial charge in [-0.15, -0.1) is 6.92 Å². The Morgan fingerprint density at radius 3 is 1.84 bits per heavy atom. The summed E-state index contributed by atoms with van der Waals surface area (Å²) >= 11 is 1.08. The SMILES string of the molecule is CC1[C-]=CC(C(C)(C)C)=C1.C[C-]1C2=C3Cc4ccccc4C3=C3C=CCCC3C2(C)C(C)(C)C(C)(C)C1(C)C.[Cl-].[Cl-].[Hf+2]=[C](c1ccccc1)c1ccccc1. The predicted octanol–water partition coefficient (Wildman–Crippen LogP) is 7.74. The van der Waals surface area contributed by atoms with Crippen LogP contribution in [-0.2, 0) is 30.3 Å². The Bertz CT molecular complexity index is 1970. The van der Waals surface area contributed by atoms with Crippen LogP contribution in [0.1, 0.15) is 118 Å². The molecule has 0 aliphatic heterocycles. The molecule has 8 rings (SSSR count). The van der Waals surface area contributed by atoms with Crippen molar-refractivity contribution in [2.75, 3.05) is 0 Å². The monoisotopic (exact) mass is 936 g/mol. The topological polar surface area (TPSA) is 0 Å². The van der Waals surface area contributed by atoms with Gasteiger partial charge in [0, 0.05) is 0 Å². The van der Waals surface area contributed by atoms with E-state index >= 15 is 0 Å². The molecule has 3 heteroatoms. The molecule has 3 aromatic carbocycles. The first kappa shape index (κ1) is 45.3. The van der Waals surface area contributed by atoms with E-state index < -0.39 is 0 Å². The third kappa shape index (κ3) is 7.78. The summed E-state index contributed by atoms with van der Waals surface area (Å²) < 4.78 is 1.46. The normalized spacial score (nSPS) is 24.6. The summed E-state index contributed by atoms with van der Waals surface area (Å²) in [6.45, 7) is 29.2. The van der Waals surface area contributed by atoms with Gasteiger partial charge in [-0.2, -0.15) is 22.8 Å². The zero-order chi connectivity index (χ0) is 38.6. The molecule has 3 atom stereocenters. The van der Waals surface area contributed by atoms with Crippen molar-refractivity contribution in [3.8, 4) is 0 Å². The van der Waals surface area contributed by atoms with Gasteiger partial charge in [0.25, 0.3) is 0 Å². The van der Waals surface area contributed by atoms with E-state index in [1.807, 2.05) is 0 Å². The second kappa shape index (κ2) is 16.8. The summed E-state index contributed by atoms with van der Waals surface area (Å²) in [5, 5.41) is 0. The van der Waals surface area contributed by atoms with E-state index in [4.69, 9.17) is 0 Å². The first-order valence-corrected chi connectivity index (χ1v) is 21.7. The quantitative estimate of drug-likeness (QED) is 0.183. The van der Waals surface area contributed by atoms with Gasteiger partial charge in [-0.1, -0.05) is 152 Å². The fourth-order valence-electron chi connectivity index (χ4n) is 10.00. The van der Waals surface area contributed by atoms with Gasteiger partial charge in [0.15, 0.2) is 0 Å². The van der Waals surface area contributed by atoms with Crippen LogP contribution in [0.4, 0.5) is 0 Å². The molecule has 0 aromatic heterocycles. The van der Waals surface area contributed by atoms with Crippen LogP contribution in [0.5, 0.6) is 0 Å². The van der Waals surface area contributed by atoms with E-state index in [1.165, 1.54) is 43.9 Å². The number of rotatable bonds is 2. The summed E-state index contributed by atoms with van der Waals surface area (Å²) in [6.07, 6.45) is 16.2. The molecule has 3 unspecified atom stereocenters. The molecule has 5 aliphatic rings. The van der Waals surface area contributed by atoms with E-state index in [-0.39, 0.29) is 46.5 Å². The summed E-state index contributed by atoms with van der Waals surface area (Å²) in [4.78, 5) is 0. The number of hydrogen-bond donors (Lipinski definition) is 0. The molecule has 0 bridgehead atoms. The van der Waals surface area contributed by atoms with Gasteiger partial charge in [0.2, 0.25) is 0 Å². The molecule has 0 amide bonds. The molecule has 0 heterocycles. The Balaban J connectivity index is 0.000000215. The molecule has 1 saturated carbocycles. The third-order valence-electron chi connectivity index (χ3n) is 14.7. The van der Waals surface area contributed by atoms with E-state index in [0.29, 0.717) is 17.3 Å². The van der Waals surface area contributed by atoms with Gasteiger partial charge in [0.05, 0.1) is 0 Å². The first-order chi connectivity index (χ1) is 24.9. The van der Waals surface area contributed by atoms with E-state index in [1.54, 1.807) is 28.2 Å². The average molecular weight is 936 g/mol. The Labute approximate surface area is 362 Å². The summed E-state index contributed by atoms with van der Waals surface area (Å²) in [5.41, 5.74) is 14.7. The Kier molecular flexibility index (Phi) is 13.8. The van der Waals surface area contributed by atoms with E-state index in [0.717, 1.165) is 30.3 Å². The van der Waals surface area contributed by atoms with Crippen LogP contribution < -0.4 is 24.8 Å². The summed E-state index contributed by atoms with van der Waals surface area (Å²) in [5.74, 6) is 2.76. The van der Waals surface area contributed by atoms with Crippen LogP contribution in [-0.4, -0.2) is 3.26 Å².